The van der Waals surface area contributed by atoms with E-state index in [1.807, 2.05) is 55.1 Å². The van der Waals surface area contributed by atoms with Gasteiger partial charge < -0.3 is 14.2 Å². The quantitative estimate of drug-likeness (QED) is 0.874. The molecule has 116 valence electrons. The Bertz CT molecular complexity index is 628. The molecule has 5 heteroatoms. The SMILES string of the molecule is CC1COCC(C)N1C(=O)Cc1cc(-c2ccccc2)on1. The number of hydrogen-bond acceptors (Lipinski definition) is 4. The highest BCUT2D eigenvalue weighted by molar-refractivity contribution is 5.79. The second-order valence-electron chi connectivity index (χ2n) is 5.76. The van der Waals surface area contributed by atoms with Gasteiger partial charge in [0, 0.05) is 11.6 Å². The zero-order valence-electron chi connectivity index (χ0n) is 12.9. The van der Waals surface area contributed by atoms with E-state index in [4.69, 9.17) is 9.26 Å². The molecular weight excluding hydrogens is 280 g/mol. The summed E-state index contributed by atoms with van der Waals surface area (Å²) in [7, 11) is 0. The molecule has 0 N–H and O–H groups in total. The van der Waals surface area contributed by atoms with Gasteiger partial charge in [-0.3, -0.25) is 4.79 Å². The summed E-state index contributed by atoms with van der Waals surface area (Å²) in [6, 6.07) is 11.8. The molecule has 2 atom stereocenters. The fourth-order valence-electron chi connectivity index (χ4n) is 2.88. The fraction of sp³-hybridized carbons (Fsp3) is 0.412. The molecule has 1 saturated heterocycles. The van der Waals surface area contributed by atoms with Gasteiger partial charge in [0.05, 0.1) is 37.4 Å². The minimum absolute atomic E-state index is 0.0659. The zero-order valence-corrected chi connectivity index (χ0v) is 12.9. The van der Waals surface area contributed by atoms with Gasteiger partial charge in [0.15, 0.2) is 5.76 Å². The van der Waals surface area contributed by atoms with Gasteiger partial charge >= 0.3 is 0 Å². The molecule has 1 fully saturated rings. The molecule has 1 aliphatic rings. The highest BCUT2D eigenvalue weighted by Crippen LogP contribution is 2.21. The molecule has 2 unspecified atom stereocenters. The van der Waals surface area contributed by atoms with Gasteiger partial charge in [0.2, 0.25) is 5.91 Å². The Kier molecular flexibility index (Phi) is 4.24. The highest BCUT2D eigenvalue weighted by atomic mass is 16.5. The maximum atomic E-state index is 12.5. The number of carbonyl (C=O) groups excluding carboxylic acids is 1. The standard InChI is InChI=1S/C17H20N2O3/c1-12-10-21-11-13(2)19(12)17(20)9-15-8-16(22-18-15)14-6-4-3-5-7-14/h3-8,12-13H,9-11H2,1-2H3. The van der Waals surface area contributed by atoms with Crippen molar-refractivity contribution in [1.29, 1.82) is 0 Å². The Labute approximate surface area is 129 Å². The van der Waals surface area contributed by atoms with Gasteiger partial charge in [-0.2, -0.15) is 0 Å². The zero-order chi connectivity index (χ0) is 15.5. The minimum atomic E-state index is 0.0659. The van der Waals surface area contributed by atoms with Gasteiger partial charge in [-0.1, -0.05) is 35.5 Å². The smallest absolute Gasteiger partial charge is 0.229 e. The van der Waals surface area contributed by atoms with Crippen LogP contribution in [0.5, 0.6) is 0 Å². The van der Waals surface area contributed by atoms with Crippen LogP contribution in [0.15, 0.2) is 40.9 Å². The predicted molar refractivity (Wildman–Crippen MR) is 82.2 cm³/mol. The van der Waals surface area contributed by atoms with E-state index in [9.17, 15) is 4.79 Å². The van der Waals surface area contributed by atoms with Crippen LogP contribution in [-0.4, -0.2) is 41.3 Å². The lowest BCUT2D eigenvalue weighted by atomic mass is 10.1. The molecule has 1 amide bonds. The molecule has 0 aliphatic carbocycles. The average molecular weight is 300 g/mol. The Morgan fingerprint density at radius 3 is 2.59 bits per heavy atom. The largest absolute Gasteiger partial charge is 0.377 e. The number of rotatable bonds is 3. The summed E-state index contributed by atoms with van der Waals surface area (Å²) in [5.74, 6) is 0.752. The Morgan fingerprint density at radius 1 is 1.23 bits per heavy atom. The molecule has 2 aromatic rings. The predicted octanol–water partition coefficient (Wildman–Crippen LogP) is 2.52. The van der Waals surface area contributed by atoms with Gasteiger partial charge in [0.25, 0.3) is 0 Å². The molecular formula is C17H20N2O3. The topological polar surface area (TPSA) is 55.6 Å². The van der Waals surface area contributed by atoms with E-state index < -0.39 is 0 Å². The third-order valence-electron chi connectivity index (χ3n) is 3.91. The summed E-state index contributed by atoms with van der Waals surface area (Å²) in [5.41, 5.74) is 1.62. The van der Waals surface area contributed by atoms with Crippen LogP contribution in [0.4, 0.5) is 0 Å². The molecule has 1 aliphatic heterocycles. The van der Waals surface area contributed by atoms with E-state index in [0.717, 1.165) is 5.56 Å². The van der Waals surface area contributed by atoms with Crippen LogP contribution < -0.4 is 0 Å². The first-order valence-corrected chi connectivity index (χ1v) is 7.55. The monoisotopic (exact) mass is 300 g/mol. The molecule has 0 bridgehead atoms. The van der Waals surface area contributed by atoms with Gasteiger partial charge in [-0.15, -0.1) is 0 Å². The Hall–Kier alpha value is -2.14. The maximum absolute atomic E-state index is 12.5. The first-order valence-electron chi connectivity index (χ1n) is 7.55. The van der Waals surface area contributed by atoms with Gasteiger partial charge in [0.1, 0.15) is 0 Å². The van der Waals surface area contributed by atoms with Gasteiger partial charge in [-0.25, -0.2) is 0 Å². The molecule has 1 aromatic carbocycles. The van der Waals surface area contributed by atoms with Crippen LogP contribution in [0.1, 0.15) is 19.5 Å². The number of hydrogen-bond donors (Lipinski definition) is 0. The minimum Gasteiger partial charge on any atom is -0.377 e. The average Bonchev–Trinajstić information content (AvgIpc) is 2.96. The summed E-state index contributed by atoms with van der Waals surface area (Å²) in [6.45, 7) is 5.19. The van der Waals surface area contributed by atoms with E-state index in [-0.39, 0.29) is 24.4 Å². The lowest BCUT2D eigenvalue weighted by molar-refractivity contribution is -0.143. The van der Waals surface area contributed by atoms with Crippen LogP contribution in [0.25, 0.3) is 11.3 Å². The van der Waals surface area contributed by atoms with E-state index in [1.54, 1.807) is 0 Å². The number of nitrogens with zero attached hydrogens (tertiary/aromatic N) is 2. The third kappa shape index (κ3) is 3.04. The number of morpholine rings is 1. The van der Waals surface area contributed by atoms with E-state index in [1.165, 1.54) is 0 Å². The molecule has 1 aromatic heterocycles. The van der Waals surface area contributed by atoms with Gasteiger partial charge in [-0.05, 0) is 13.8 Å². The van der Waals surface area contributed by atoms with Crippen molar-refractivity contribution in [2.24, 2.45) is 0 Å². The van der Waals surface area contributed by atoms with Crippen LogP contribution in [-0.2, 0) is 16.0 Å². The molecule has 5 nitrogen and oxygen atoms in total. The van der Waals surface area contributed by atoms with Crippen molar-refractivity contribution in [3.63, 3.8) is 0 Å². The van der Waals surface area contributed by atoms with Crippen molar-refractivity contribution in [2.45, 2.75) is 32.4 Å². The van der Waals surface area contributed by atoms with E-state index in [2.05, 4.69) is 5.16 Å². The van der Waals surface area contributed by atoms with Crippen molar-refractivity contribution in [2.75, 3.05) is 13.2 Å². The lowest BCUT2D eigenvalue weighted by Gasteiger charge is -2.38. The number of carbonyl (C=O) groups is 1. The summed E-state index contributed by atoms with van der Waals surface area (Å²) >= 11 is 0. The second kappa shape index (κ2) is 6.32. The molecule has 0 saturated carbocycles. The summed E-state index contributed by atoms with van der Waals surface area (Å²) in [5, 5.41) is 4.02. The fourth-order valence-corrected chi connectivity index (χ4v) is 2.88. The molecule has 0 radical (unpaired) electrons. The maximum Gasteiger partial charge on any atom is 0.229 e. The number of benzene rings is 1. The van der Waals surface area contributed by atoms with Crippen LogP contribution in [0.3, 0.4) is 0 Å². The summed E-state index contributed by atoms with van der Waals surface area (Å²) in [6.07, 6.45) is 0.255. The van der Waals surface area contributed by atoms with E-state index >= 15 is 0 Å². The van der Waals surface area contributed by atoms with Crippen molar-refractivity contribution >= 4 is 5.91 Å². The van der Waals surface area contributed by atoms with Crippen molar-refractivity contribution in [3.05, 3.63) is 42.1 Å². The van der Waals surface area contributed by atoms with Crippen LogP contribution >= 0.6 is 0 Å². The van der Waals surface area contributed by atoms with Crippen molar-refractivity contribution in [1.82, 2.24) is 10.1 Å². The normalized spacial score (nSPS) is 21.8. The van der Waals surface area contributed by atoms with E-state index in [0.29, 0.717) is 24.7 Å². The number of aromatic nitrogens is 1. The molecule has 22 heavy (non-hydrogen) atoms. The highest BCUT2D eigenvalue weighted by Gasteiger charge is 2.30. The summed E-state index contributed by atoms with van der Waals surface area (Å²) in [4.78, 5) is 14.4. The number of ether oxygens (including phenoxy) is 1. The first-order chi connectivity index (χ1) is 10.6. The van der Waals surface area contributed by atoms with Crippen molar-refractivity contribution < 1.29 is 14.1 Å². The Balaban J connectivity index is 1.71. The molecule has 3 rings (SSSR count). The molecule has 0 spiro atoms. The lowest BCUT2D eigenvalue weighted by Crippen LogP contribution is -2.53. The van der Waals surface area contributed by atoms with Crippen LogP contribution in [0.2, 0.25) is 0 Å². The molecule has 2 heterocycles. The number of amides is 1. The Morgan fingerprint density at radius 2 is 1.91 bits per heavy atom. The second-order valence-corrected chi connectivity index (χ2v) is 5.76. The van der Waals surface area contributed by atoms with Crippen LogP contribution in [0, 0.1) is 0 Å². The summed E-state index contributed by atoms with van der Waals surface area (Å²) < 4.78 is 10.8. The third-order valence-corrected chi connectivity index (χ3v) is 3.91. The first kappa shape index (κ1) is 14.8. The van der Waals surface area contributed by atoms with Crippen molar-refractivity contribution in [3.8, 4) is 11.3 Å².